The SMILES string of the molecule is CNC(c1ccc(C2CCC2)cc1)C1CN(C)CCO1. The minimum absolute atomic E-state index is 0.244. The summed E-state index contributed by atoms with van der Waals surface area (Å²) in [6, 6.07) is 9.49. The Morgan fingerprint density at radius 3 is 2.55 bits per heavy atom. The van der Waals surface area contributed by atoms with Crippen molar-refractivity contribution in [2.75, 3.05) is 33.8 Å². The van der Waals surface area contributed by atoms with Crippen LogP contribution in [0.15, 0.2) is 24.3 Å². The second-order valence-corrected chi connectivity index (χ2v) is 6.23. The molecule has 0 spiro atoms. The lowest BCUT2D eigenvalue weighted by Crippen LogP contribution is -2.46. The molecule has 3 heteroatoms. The molecule has 0 amide bonds. The lowest BCUT2D eigenvalue weighted by molar-refractivity contribution is -0.0380. The quantitative estimate of drug-likeness (QED) is 0.913. The number of likely N-dealkylation sites (N-methyl/N-ethyl adjacent to an activating group) is 2. The van der Waals surface area contributed by atoms with Crippen LogP contribution in [0.5, 0.6) is 0 Å². The molecule has 3 rings (SSSR count). The zero-order valence-corrected chi connectivity index (χ0v) is 12.6. The van der Waals surface area contributed by atoms with E-state index in [1.807, 2.05) is 7.05 Å². The van der Waals surface area contributed by atoms with Gasteiger partial charge in [-0.2, -0.15) is 0 Å². The third-order valence-corrected chi connectivity index (χ3v) is 4.85. The van der Waals surface area contributed by atoms with E-state index in [9.17, 15) is 0 Å². The maximum absolute atomic E-state index is 5.96. The first kappa shape index (κ1) is 14.1. The predicted octanol–water partition coefficient (Wildman–Crippen LogP) is 2.55. The third kappa shape index (κ3) is 2.90. The minimum atomic E-state index is 0.244. The zero-order chi connectivity index (χ0) is 13.9. The number of morpholine rings is 1. The summed E-state index contributed by atoms with van der Waals surface area (Å²) in [4.78, 5) is 2.35. The van der Waals surface area contributed by atoms with Crippen molar-refractivity contribution < 1.29 is 4.74 Å². The molecule has 3 nitrogen and oxygen atoms in total. The van der Waals surface area contributed by atoms with Crippen molar-refractivity contribution in [3.05, 3.63) is 35.4 Å². The lowest BCUT2D eigenvalue weighted by Gasteiger charge is -2.35. The van der Waals surface area contributed by atoms with Gasteiger partial charge in [0.25, 0.3) is 0 Å². The third-order valence-electron chi connectivity index (χ3n) is 4.85. The Bertz CT molecular complexity index is 427. The van der Waals surface area contributed by atoms with E-state index in [4.69, 9.17) is 4.74 Å². The van der Waals surface area contributed by atoms with Crippen molar-refractivity contribution in [3.8, 4) is 0 Å². The summed E-state index contributed by atoms with van der Waals surface area (Å²) < 4.78 is 5.96. The molecule has 2 unspecified atom stereocenters. The number of benzene rings is 1. The Morgan fingerprint density at radius 2 is 2.00 bits per heavy atom. The fraction of sp³-hybridized carbons (Fsp3) is 0.647. The molecule has 0 aromatic heterocycles. The van der Waals surface area contributed by atoms with Crippen LogP contribution in [-0.4, -0.2) is 44.8 Å². The van der Waals surface area contributed by atoms with Crippen molar-refractivity contribution >= 4 is 0 Å². The molecule has 1 aromatic carbocycles. The lowest BCUT2D eigenvalue weighted by atomic mass is 9.79. The van der Waals surface area contributed by atoms with Gasteiger partial charge in [-0.05, 0) is 44.0 Å². The van der Waals surface area contributed by atoms with E-state index in [0.29, 0.717) is 0 Å². The van der Waals surface area contributed by atoms with Gasteiger partial charge < -0.3 is 15.0 Å². The Balaban J connectivity index is 1.71. The first-order valence-electron chi connectivity index (χ1n) is 7.85. The van der Waals surface area contributed by atoms with E-state index in [1.165, 1.54) is 30.4 Å². The molecule has 110 valence electrons. The molecule has 0 radical (unpaired) electrons. The van der Waals surface area contributed by atoms with Crippen LogP contribution in [0.25, 0.3) is 0 Å². The van der Waals surface area contributed by atoms with Gasteiger partial charge in [-0.1, -0.05) is 30.7 Å². The van der Waals surface area contributed by atoms with E-state index in [0.717, 1.165) is 25.6 Å². The second-order valence-electron chi connectivity index (χ2n) is 6.23. The molecule has 2 fully saturated rings. The molecule has 2 atom stereocenters. The number of hydrogen-bond donors (Lipinski definition) is 1. The largest absolute Gasteiger partial charge is 0.374 e. The average Bonchev–Trinajstić information content (AvgIpc) is 2.40. The Morgan fingerprint density at radius 1 is 1.25 bits per heavy atom. The van der Waals surface area contributed by atoms with E-state index in [2.05, 4.69) is 41.5 Å². The molecular formula is C17H26N2O. The summed E-state index contributed by atoms with van der Waals surface area (Å²) in [5.41, 5.74) is 2.85. The molecule has 1 saturated heterocycles. The van der Waals surface area contributed by atoms with Gasteiger partial charge in [-0.25, -0.2) is 0 Å². The molecule has 1 heterocycles. The van der Waals surface area contributed by atoms with Crippen LogP contribution in [0.2, 0.25) is 0 Å². The fourth-order valence-electron chi connectivity index (χ4n) is 3.30. The molecule has 0 bridgehead atoms. The van der Waals surface area contributed by atoms with E-state index in [-0.39, 0.29) is 12.1 Å². The average molecular weight is 274 g/mol. The molecule has 1 aliphatic carbocycles. The summed E-state index contributed by atoms with van der Waals surface area (Å²) in [6.07, 6.45) is 4.37. The van der Waals surface area contributed by atoms with Crippen molar-refractivity contribution in [2.24, 2.45) is 0 Å². The Hall–Kier alpha value is -0.900. The first-order valence-corrected chi connectivity index (χ1v) is 7.85. The molecule has 1 saturated carbocycles. The topological polar surface area (TPSA) is 24.5 Å². The monoisotopic (exact) mass is 274 g/mol. The van der Waals surface area contributed by atoms with Crippen LogP contribution >= 0.6 is 0 Å². The van der Waals surface area contributed by atoms with Gasteiger partial charge in [0.1, 0.15) is 0 Å². The zero-order valence-electron chi connectivity index (χ0n) is 12.6. The maximum Gasteiger partial charge on any atom is 0.0896 e. The highest BCUT2D eigenvalue weighted by atomic mass is 16.5. The van der Waals surface area contributed by atoms with Crippen LogP contribution in [0.3, 0.4) is 0 Å². The first-order chi connectivity index (χ1) is 9.78. The molecule has 2 aliphatic rings. The highest BCUT2D eigenvalue weighted by molar-refractivity contribution is 5.29. The van der Waals surface area contributed by atoms with Crippen molar-refractivity contribution in [1.29, 1.82) is 0 Å². The Labute approximate surface area is 122 Å². The number of nitrogens with zero attached hydrogens (tertiary/aromatic N) is 1. The standard InChI is InChI=1S/C17H26N2O/c1-18-17(16-12-19(2)10-11-20-16)15-8-6-14(7-9-15)13-4-3-5-13/h6-9,13,16-18H,3-5,10-12H2,1-2H3. The molecule has 1 aliphatic heterocycles. The van der Waals surface area contributed by atoms with Gasteiger partial charge in [0, 0.05) is 13.1 Å². The predicted molar refractivity (Wildman–Crippen MR) is 82.1 cm³/mol. The Kier molecular flexibility index (Phi) is 4.39. The highest BCUT2D eigenvalue weighted by Crippen LogP contribution is 2.36. The maximum atomic E-state index is 5.96. The van der Waals surface area contributed by atoms with Crippen molar-refractivity contribution in [3.63, 3.8) is 0 Å². The van der Waals surface area contributed by atoms with E-state index in [1.54, 1.807) is 0 Å². The van der Waals surface area contributed by atoms with E-state index < -0.39 is 0 Å². The number of rotatable bonds is 4. The van der Waals surface area contributed by atoms with Gasteiger partial charge in [-0.15, -0.1) is 0 Å². The fourth-order valence-corrected chi connectivity index (χ4v) is 3.30. The summed E-state index contributed by atoms with van der Waals surface area (Å²) >= 11 is 0. The summed E-state index contributed by atoms with van der Waals surface area (Å²) in [5.74, 6) is 0.814. The second kappa shape index (κ2) is 6.25. The van der Waals surface area contributed by atoms with Crippen LogP contribution in [0, 0.1) is 0 Å². The summed E-state index contributed by atoms with van der Waals surface area (Å²) in [7, 11) is 4.20. The van der Waals surface area contributed by atoms with E-state index >= 15 is 0 Å². The number of ether oxygens (including phenoxy) is 1. The molecule has 1 aromatic rings. The van der Waals surface area contributed by atoms with Crippen molar-refractivity contribution in [1.82, 2.24) is 10.2 Å². The van der Waals surface area contributed by atoms with Gasteiger partial charge >= 0.3 is 0 Å². The van der Waals surface area contributed by atoms with Gasteiger partial charge in [0.05, 0.1) is 18.8 Å². The van der Waals surface area contributed by atoms with Crippen LogP contribution in [0.1, 0.15) is 42.3 Å². The van der Waals surface area contributed by atoms with Gasteiger partial charge in [0.2, 0.25) is 0 Å². The number of hydrogen-bond acceptors (Lipinski definition) is 3. The van der Waals surface area contributed by atoms with Gasteiger partial charge in [0.15, 0.2) is 0 Å². The van der Waals surface area contributed by atoms with Crippen LogP contribution in [0.4, 0.5) is 0 Å². The van der Waals surface area contributed by atoms with Gasteiger partial charge in [-0.3, -0.25) is 0 Å². The normalized spacial score (nSPS) is 26.2. The summed E-state index contributed by atoms with van der Waals surface area (Å²) in [6.45, 7) is 2.86. The molecule has 20 heavy (non-hydrogen) atoms. The highest BCUT2D eigenvalue weighted by Gasteiger charge is 2.27. The molecule has 1 N–H and O–H groups in total. The van der Waals surface area contributed by atoms with Crippen LogP contribution in [-0.2, 0) is 4.74 Å². The molecular weight excluding hydrogens is 248 g/mol. The smallest absolute Gasteiger partial charge is 0.0896 e. The van der Waals surface area contributed by atoms with Crippen molar-refractivity contribution in [2.45, 2.75) is 37.3 Å². The number of nitrogens with one attached hydrogen (secondary N) is 1. The van der Waals surface area contributed by atoms with Crippen LogP contribution < -0.4 is 5.32 Å². The summed E-state index contributed by atoms with van der Waals surface area (Å²) in [5, 5.41) is 3.43. The minimum Gasteiger partial charge on any atom is -0.374 e.